The molecular weight excluding hydrogens is 488 g/mol. The molecule has 0 spiro atoms. The SMILES string of the molecule is COCc1cc2c(cc1C(=O)N1CCc3cc(Br)cnc31)[nH]c(=O)c1nnc(CC3CC3)n12. The molecule has 1 fully saturated rings. The highest BCUT2D eigenvalue weighted by Crippen LogP contribution is 2.33. The molecule has 0 unspecified atom stereocenters. The summed E-state index contributed by atoms with van der Waals surface area (Å²) in [6.07, 6.45) is 5.56. The number of aromatic amines is 1. The molecule has 1 aromatic carbocycles. The molecule has 0 radical (unpaired) electrons. The molecule has 168 valence electrons. The second kappa shape index (κ2) is 7.74. The molecule has 2 aliphatic rings. The number of methoxy groups -OCH3 is 1. The lowest BCUT2D eigenvalue weighted by Crippen LogP contribution is -2.30. The van der Waals surface area contributed by atoms with Gasteiger partial charge in [0, 0.05) is 36.3 Å². The highest BCUT2D eigenvalue weighted by atomic mass is 79.9. The molecule has 1 saturated carbocycles. The Balaban J connectivity index is 1.51. The summed E-state index contributed by atoms with van der Waals surface area (Å²) in [5.74, 6) is 1.87. The largest absolute Gasteiger partial charge is 0.380 e. The number of carbonyl (C=O) groups excluding carboxylic acids is 1. The topological polar surface area (TPSA) is 105 Å². The summed E-state index contributed by atoms with van der Waals surface area (Å²) < 4.78 is 8.14. The van der Waals surface area contributed by atoms with Crippen molar-refractivity contribution in [3.63, 3.8) is 0 Å². The van der Waals surface area contributed by atoms with Crippen LogP contribution in [-0.4, -0.2) is 44.1 Å². The smallest absolute Gasteiger partial charge is 0.294 e. The minimum atomic E-state index is -0.326. The fourth-order valence-electron chi connectivity index (χ4n) is 4.58. The van der Waals surface area contributed by atoms with Crippen molar-refractivity contribution in [2.24, 2.45) is 5.92 Å². The summed E-state index contributed by atoms with van der Waals surface area (Å²) in [7, 11) is 1.60. The maximum absolute atomic E-state index is 13.6. The van der Waals surface area contributed by atoms with Gasteiger partial charge in [0.15, 0.2) is 0 Å². The van der Waals surface area contributed by atoms with Crippen molar-refractivity contribution < 1.29 is 9.53 Å². The van der Waals surface area contributed by atoms with Crippen molar-refractivity contribution in [1.82, 2.24) is 24.6 Å². The number of aromatic nitrogens is 5. The van der Waals surface area contributed by atoms with Gasteiger partial charge in [0.1, 0.15) is 11.6 Å². The van der Waals surface area contributed by atoms with Crippen LogP contribution in [-0.2, 0) is 24.2 Å². The number of carbonyl (C=O) groups is 1. The van der Waals surface area contributed by atoms with Crippen LogP contribution in [0.1, 0.15) is 40.2 Å². The summed E-state index contributed by atoms with van der Waals surface area (Å²) in [6, 6.07) is 5.64. The van der Waals surface area contributed by atoms with E-state index in [1.165, 1.54) is 12.8 Å². The van der Waals surface area contributed by atoms with Crippen LogP contribution < -0.4 is 10.5 Å². The Morgan fingerprint density at radius 3 is 2.91 bits per heavy atom. The van der Waals surface area contributed by atoms with E-state index in [9.17, 15) is 9.59 Å². The first-order chi connectivity index (χ1) is 16.0. The number of fused-ring (bicyclic) bond motifs is 4. The molecule has 10 heteroatoms. The third-order valence-electron chi connectivity index (χ3n) is 6.36. The number of halogens is 1. The summed E-state index contributed by atoms with van der Waals surface area (Å²) >= 11 is 3.44. The van der Waals surface area contributed by atoms with Crippen LogP contribution in [0.4, 0.5) is 5.82 Å². The van der Waals surface area contributed by atoms with Crippen LogP contribution in [0.15, 0.2) is 33.7 Å². The van der Waals surface area contributed by atoms with Gasteiger partial charge < -0.3 is 9.72 Å². The number of amides is 1. The molecule has 6 rings (SSSR count). The highest BCUT2D eigenvalue weighted by molar-refractivity contribution is 9.10. The number of pyridine rings is 1. The zero-order valence-electron chi connectivity index (χ0n) is 18.0. The van der Waals surface area contributed by atoms with Gasteiger partial charge in [-0.3, -0.25) is 18.9 Å². The quantitative estimate of drug-likeness (QED) is 0.444. The molecule has 0 atom stereocenters. The van der Waals surface area contributed by atoms with Crippen molar-refractivity contribution in [1.29, 1.82) is 0 Å². The number of anilines is 1. The number of hydrogen-bond acceptors (Lipinski definition) is 6. The third-order valence-corrected chi connectivity index (χ3v) is 6.79. The Labute approximate surface area is 196 Å². The van der Waals surface area contributed by atoms with E-state index in [1.54, 1.807) is 24.3 Å². The van der Waals surface area contributed by atoms with E-state index in [4.69, 9.17) is 4.74 Å². The standard InChI is InChI=1S/C23H21BrN6O3/c1-33-11-14-8-18-17(26-22(31)21-28-27-19(30(18)21)6-12-2-3-12)9-16(14)23(32)29-5-4-13-7-15(24)10-25-20(13)29/h7-10,12H,2-6,11H2,1H3,(H,26,31). The molecule has 3 aromatic heterocycles. The molecule has 9 nitrogen and oxygen atoms in total. The molecule has 1 amide bonds. The fourth-order valence-corrected chi connectivity index (χ4v) is 4.96. The molecule has 0 bridgehead atoms. The van der Waals surface area contributed by atoms with E-state index < -0.39 is 0 Å². The van der Waals surface area contributed by atoms with Crippen LogP contribution in [0.2, 0.25) is 0 Å². The number of hydrogen-bond donors (Lipinski definition) is 1. The first kappa shape index (κ1) is 20.5. The van der Waals surface area contributed by atoms with Crippen LogP contribution in [0.3, 0.4) is 0 Å². The summed E-state index contributed by atoms with van der Waals surface area (Å²) in [4.78, 5) is 35.4. The highest BCUT2D eigenvalue weighted by Gasteiger charge is 2.30. The van der Waals surface area contributed by atoms with Crippen molar-refractivity contribution >= 4 is 44.3 Å². The molecular formula is C23H21BrN6O3. The first-order valence-corrected chi connectivity index (χ1v) is 11.7. The average Bonchev–Trinajstić information content (AvgIpc) is 3.35. The Morgan fingerprint density at radius 2 is 2.12 bits per heavy atom. The van der Waals surface area contributed by atoms with Gasteiger partial charge in [-0.2, -0.15) is 0 Å². The normalized spacial score (nSPS) is 15.5. The fraction of sp³-hybridized carbons (Fsp3) is 0.348. The first-order valence-electron chi connectivity index (χ1n) is 10.9. The molecule has 1 N–H and O–H groups in total. The van der Waals surface area contributed by atoms with Crippen molar-refractivity contribution in [2.45, 2.75) is 32.3 Å². The van der Waals surface area contributed by atoms with Crippen LogP contribution in [0.5, 0.6) is 0 Å². The third kappa shape index (κ3) is 3.44. The average molecular weight is 509 g/mol. The number of nitrogens with zero attached hydrogens (tertiary/aromatic N) is 5. The lowest BCUT2D eigenvalue weighted by molar-refractivity contribution is 0.0984. The summed E-state index contributed by atoms with van der Waals surface area (Å²) in [5, 5.41) is 8.42. The van der Waals surface area contributed by atoms with E-state index in [0.29, 0.717) is 29.4 Å². The Bertz CT molecular complexity index is 1490. The number of ether oxygens (including phenoxy) is 1. The van der Waals surface area contributed by atoms with Gasteiger partial charge in [-0.05, 0) is 70.4 Å². The zero-order valence-corrected chi connectivity index (χ0v) is 19.6. The summed E-state index contributed by atoms with van der Waals surface area (Å²) in [5.41, 5.74) is 3.51. The maximum atomic E-state index is 13.6. The van der Waals surface area contributed by atoms with Gasteiger partial charge >= 0.3 is 0 Å². The second-order valence-corrected chi connectivity index (χ2v) is 9.60. The number of nitrogens with one attached hydrogen (secondary N) is 1. The monoisotopic (exact) mass is 508 g/mol. The van der Waals surface area contributed by atoms with E-state index in [0.717, 1.165) is 39.8 Å². The second-order valence-electron chi connectivity index (χ2n) is 8.68. The predicted molar refractivity (Wildman–Crippen MR) is 126 cm³/mol. The van der Waals surface area contributed by atoms with Crippen LogP contribution in [0.25, 0.3) is 16.7 Å². The van der Waals surface area contributed by atoms with Crippen LogP contribution >= 0.6 is 15.9 Å². The zero-order chi connectivity index (χ0) is 22.7. The van der Waals surface area contributed by atoms with Gasteiger partial charge in [0.05, 0.1) is 17.6 Å². The molecule has 33 heavy (non-hydrogen) atoms. The lowest BCUT2D eigenvalue weighted by Gasteiger charge is -2.19. The number of H-pyrrole nitrogens is 1. The Hall–Kier alpha value is -3.11. The molecule has 0 saturated heterocycles. The lowest BCUT2D eigenvalue weighted by atomic mass is 10.0. The molecule has 1 aliphatic heterocycles. The summed E-state index contributed by atoms with van der Waals surface area (Å²) in [6.45, 7) is 0.806. The Morgan fingerprint density at radius 1 is 1.27 bits per heavy atom. The minimum Gasteiger partial charge on any atom is -0.380 e. The van der Waals surface area contributed by atoms with Gasteiger partial charge in [0.2, 0.25) is 5.65 Å². The predicted octanol–water partition coefficient (Wildman–Crippen LogP) is 3.03. The Kier molecular flexibility index (Phi) is 4.81. The van der Waals surface area contributed by atoms with Crippen molar-refractivity contribution in [3.8, 4) is 0 Å². The molecule has 4 heterocycles. The van der Waals surface area contributed by atoms with Gasteiger partial charge in [-0.25, -0.2) is 4.98 Å². The van der Waals surface area contributed by atoms with Gasteiger partial charge in [0.25, 0.3) is 11.5 Å². The molecule has 4 aromatic rings. The van der Waals surface area contributed by atoms with E-state index >= 15 is 0 Å². The molecule has 1 aliphatic carbocycles. The maximum Gasteiger partial charge on any atom is 0.294 e. The number of rotatable bonds is 5. The number of benzene rings is 1. The van der Waals surface area contributed by atoms with Gasteiger partial charge in [-0.1, -0.05) is 0 Å². The van der Waals surface area contributed by atoms with Crippen molar-refractivity contribution in [3.05, 3.63) is 61.7 Å². The van der Waals surface area contributed by atoms with Crippen LogP contribution in [0, 0.1) is 5.92 Å². The minimum absolute atomic E-state index is 0.166. The van der Waals surface area contributed by atoms with E-state index in [2.05, 4.69) is 36.1 Å². The van der Waals surface area contributed by atoms with E-state index in [1.807, 2.05) is 16.5 Å². The van der Waals surface area contributed by atoms with E-state index in [-0.39, 0.29) is 23.7 Å². The van der Waals surface area contributed by atoms with Gasteiger partial charge in [-0.15, -0.1) is 10.2 Å². The van der Waals surface area contributed by atoms with Crippen molar-refractivity contribution in [2.75, 3.05) is 18.6 Å².